The molecule has 0 atom stereocenters. The predicted molar refractivity (Wildman–Crippen MR) is 53.7 cm³/mol. The average Bonchev–Trinajstić information content (AvgIpc) is 2.43. The van der Waals surface area contributed by atoms with Gasteiger partial charge in [-0.1, -0.05) is 0 Å². The first-order valence-electron chi connectivity index (χ1n) is 5.16. The quantitative estimate of drug-likeness (QED) is 0.593. The Bertz CT molecular complexity index is 167. The largest absolute Gasteiger partial charge is 0.315 e. The smallest absolute Gasteiger partial charge is 0.257 e. The fraction of sp³-hybridized carbons (Fsp3) is 0.889. The first-order valence-corrected chi connectivity index (χ1v) is 5.16. The number of rotatable bonds is 4. The molecular formula is C9H19N3O2. The van der Waals surface area contributed by atoms with Crippen molar-refractivity contribution in [2.24, 2.45) is 0 Å². The summed E-state index contributed by atoms with van der Waals surface area (Å²) in [6.07, 6.45) is 1.10. The highest BCUT2D eigenvalue weighted by atomic mass is 16.6. The van der Waals surface area contributed by atoms with E-state index in [4.69, 9.17) is 4.84 Å². The van der Waals surface area contributed by atoms with Crippen LogP contribution >= 0.6 is 0 Å². The fourth-order valence-corrected chi connectivity index (χ4v) is 1.45. The first kappa shape index (κ1) is 11.4. The van der Waals surface area contributed by atoms with Crippen LogP contribution in [0.25, 0.3) is 0 Å². The summed E-state index contributed by atoms with van der Waals surface area (Å²) in [5, 5.41) is 3.29. The summed E-state index contributed by atoms with van der Waals surface area (Å²) in [4.78, 5) is 18.2. The maximum absolute atomic E-state index is 11.3. The Morgan fingerprint density at radius 2 is 2.36 bits per heavy atom. The second-order valence-corrected chi connectivity index (χ2v) is 3.34. The number of amides is 1. The zero-order valence-electron chi connectivity index (χ0n) is 8.71. The van der Waals surface area contributed by atoms with Gasteiger partial charge in [0.25, 0.3) is 5.91 Å². The molecule has 0 saturated carbocycles. The van der Waals surface area contributed by atoms with E-state index >= 15 is 0 Å². The summed E-state index contributed by atoms with van der Waals surface area (Å²) >= 11 is 0. The normalized spacial score (nSPS) is 18.9. The Hall–Kier alpha value is -0.650. The Morgan fingerprint density at radius 3 is 3.14 bits per heavy atom. The van der Waals surface area contributed by atoms with Gasteiger partial charge in [0.05, 0.1) is 13.2 Å². The third kappa shape index (κ3) is 4.55. The van der Waals surface area contributed by atoms with Gasteiger partial charge in [0.15, 0.2) is 0 Å². The van der Waals surface area contributed by atoms with Gasteiger partial charge in [-0.2, -0.15) is 0 Å². The van der Waals surface area contributed by atoms with E-state index in [0.29, 0.717) is 13.2 Å². The van der Waals surface area contributed by atoms with Gasteiger partial charge in [-0.3, -0.25) is 14.5 Å². The molecule has 1 aliphatic rings. The van der Waals surface area contributed by atoms with Crippen molar-refractivity contribution in [3.63, 3.8) is 0 Å². The van der Waals surface area contributed by atoms with Gasteiger partial charge in [-0.25, -0.2) is 5.48 Å². The van der Waals surface area contributed by atoms with Crippen LogP contribution in [-0.2, 0) is 9.63 Å². The number of hydroxylamine groups is 1. The topological polar surface area (TPSA) is 53.6 Å². The van der Waals surface area contributed by atoms with E-state index < -0.39 is 0 Å². The Morgan fingerprint density at radius 1 is 1.50 bits per heavy atom. The molecule has 1 saturated heterocycles. The second kappa shape index (κ2) is 6.75. The molecule has 0 aliphatic carbocycles. The van der Waals surface area contributed by atoms with E-state index in [-0.39, 0.29) is 5.91 Å². The molecule has 82 valence electrons. The Kier molecular flexibility index (Phi) is 5.51. The molecule has 0 bridgehead atoms. The lowest BCUT2D eigenvalue weighted by Crippen LogP contribution is -2.38. The van der Waals surface area contributed by atoms with Crippen molar-refractivity contribution in [2.45, 2.75) is 13.3 Å². The lowest BCUT2D eigenvalue weighted by Gasteiger charge is -2.18. The van der Waals surface area contributed by atoms with Crippen LogP contribution in [0.5, 0.6) is 0 Å². The van der Waals surface area contributed by atoms with Crippen LogP contribution in [0.4, 0.5) is 0 Å². The van der Waals surface area contributed by atoms with E-state index in [1.54, 1.807) is 0 Å². The molecule has 5 nitrogen and oxygen atoms in total. The summed E-state index contributed by atoms with van der Waals surface area (Å²) < 4.78 is 0. The molecule has 0 unspecified atom stereocenters. The molecule has 1 aliphatic heterocycles. The van der Waals surface area contributed by atoms with Crippen molar-refractivity contribution in [3.05, 3.63) is 0 Å². The summed E-state index contributed by atoms with van der Waals surface area (Å²) in [6, 6.07) is 0. The number of hydrogen-bond acceptors (Lipinski definition) is 4. The molecule has 1 fully saturated rings. The Balaban J connectivity index is 2.17. The van der Waals surface area contributed by atoms with Crippen molar-refractivity contribution < 1.29 is 9.63 Å². The number of hydrogen-bond donors (Lipinski definition) is 2. The van der Waals surface area contributed by atoms with Crippen LogP contribution in [0.15, 0.2) is 0 Å². The van der Waals surface area contributed by atoms with E-state index in [1.807, 2.05) is 6.92 Å². The SMILES string of the molecule is CCONC(=O)CN1CCCNCC1. The molecule has 0 aromatic carbocycles. The van der Waals surface area contributed by atoms with Crippen LogP contribution < -0.4 is 10.8 Å². The lowest BCUT2D eigenvalue weighted by atomic mass is 10.4. The first-order chi connectivity index (χ1) is 6.83. The minimum absolute atomic E-state index is 0.0613. The van der Waals surface area contributed by atoms with Gasteiger partial charge in [0.2, 0.25) is 0 Å². The van der Waals surface area contributed by atoms with E-state index in [1.165, 1.54) is 0 Å². The minimum Gasteiger partial charge on any atom is -0.315 e. The molecule has 5 heteroatoms. The van der Waals surface area contributed by atoms with Crippen LogP contribution in [-0.4, -0.2) is 50.1 Å². The summed E-state index contributed by atoms with van der Waals surface area (Å²) in [5.41, 5.74) is 2.40. The van der Waals surface area contributed by atoms with Crippen molar-refractivity contribution in [3.8, 4) is 0 Å². The van der Waals surface area contributed by atoms with Crippen LogP contribution in [0.3, 0.4) is 0 Å². The van der Waals surface area contributed by atoms with Gasteiger partial charge >= 0.3 is 0 Å². The fourth-order valence-electron chi connectivity index (χ4n) is 1.45. The number of carbonyl (C=O) groups excluding carboxylic acids is 1. The maximum Gasteiger partial charge on any atom is 0.257 e. The monoisotopic (exact) mass is 201 g/mol. The van der Waals surface area contributed by atoms with Gasteiger partial charge in [0.1, 0.15) is 0 Å². The van der Waals surface area contributed by atoms with Crippen LogP contribution in [0, 0.1) is 0 Å². The third-order valence-corrected chi connectivity index (χ3v) is 2.13. The standard InChI is InChI=1S/C9H19N3O2/c1-2-14-11-9(13)8-12-6-3-4-10-5-7-12/h10H,2-8H2,1H3,(H,11,13). The highest BCUT2D eigenvalue weighted by molar-refractivity contribution is 5.76. The van der Waals surface area contributed by atoms with Crippen LogP contribution in [0.2, 0.25) is 0 Å². The molecule has 1 rings (SSSR count). The molecule has 0 aromatic rings. The maximum atomic E-state index is 11.3. The van der Waals surface area contributed by atoms with Crippen molar-refractivity contribution in [2.75, 3.05) is 39.3 Å². The third-order valence-electron chi connectivity index (χ3n) is 2.13. The molecule has 1 heterocycles. The number of nitrogens with one attached hydrogen (secondary N) is 2. The zero-order valence-corrected chi connectivity index (χ0v) is 8.71. The number of carbonyl (C=O) groups is 1. The van der Waals surface area contributed by atoms with Crippen molar-refractivity contribution in [1.29, 1.82) is 0 Å². The molecule has 14 heavy (non-hydrogen) atoms. The lowest BCUT2D eigenvalue weighted by molar-refractivity contribution is -0.134. The minimum atomic E-state index is -0.0613. The van der Waals surface area contributed by atoms with Gasteiger partial charge in [-0.05, 0) is 26.4 Å². The van der Waals surface area contributed by atoms with Crippen molar-refractivity contribution in [1.82, 2.24) is 15.7 Å². The average molecular weight is 201 g/mol. The highest BCUT2D eigenvalue weighted by Gasteiger charge is 2.11. The molecule has 0 spiro atoms. The molecule has 1 amide bonds. The molecule has 0 aromatic heterocycles. The summed E-state index contributed by atoms with van der Waals surface area (Å²) in [6.45, 7) is 6.70. The number of nitrogens with zero attached hydrogens (tertiary/aromatic N) is 1. The van der Waals surface area contributed by atoms with E-state index in [2.05, 4.69) is 15.7 Å². The zero-order chi connectivity index (χ0) is 10.2. The van der Waals surface area contributed by atoms with Gasteiger partial charge in [-0.15, -0.1) is 0 Å². The highest BCUT2D eigenvalue weighted by Crippen LogP contribution is 1.94. The summed E-state index contributed by atoms with van der Waals surface area (Å²) in [5.74, 6) is -0.0613. The summed E-state index contributed by atoms with van der Waals surface area (Å²) in [7, 11) is 0. The van der Waals surface area contributed by atoms with E-state index in [9.17, 15) is 4.79 Å². The predicted octanol–water partition coefficient (Wildman–Crippen LogP) is -0.651. The van der Waals surface area contributed by atoms with Gasteiger partial charge < -0.3 is 5.32 Å². The molecule has 0 radical (unpaired) electrons. The Labute approximate surface area is 84.7 Å². The van der Waals surface area contributed by atoms with Crippen LogP contribution in [0.1, 0.15) is 13.3 Å². The molecular weight excluding hydrogens is 182 g/mol. The van der Waals surface area contributed by atoms with Gasteiger partial charge in [0, 0.05) is 13.1 Å². The second-order valence-electron chi connectivity index (χ2n) is 3.34. The van der Waals surface area contributed by atoms with E-state index in [0.717, 1.165) is 32.6 Å². The van der Waals surface area contributed by atoms with Crippen molar-refractivity contribution >= 4 is 5.91 Å². The molecule has 2 N–H and O–H groups in total.